The number of aromatic nitrogens is 1. The predicted octanol–water partition coefficient (Wildman–Crippen LogP) is 6.99. The lowest BCUT2D eigenvalue weighted by Gasteiger charge is -2.19. The molecule has 0 spiro atoms. The molecule has 6 rings (SSSR count). The Balaban J connectivity index is 1.36. The van der Waals surface area contributed by atoms with E-state index in [4.69, 9.17) is 4.74 Å². The van der Waals surface area contributed by atoms with Gasteiger partial charge in [0.05, 0.1) is 6.67 Å². The van der Waals surface area contributed by atoms with Gasteiger partial charge in [-0.15, -0.1) is 0 Å². The van der Waals surface area contributed by atoms with Gasteiger partial charge < -0.3 is 14.4 Å². The molecule has 4 nitrogen and oxygen atoms in total. The second-order valence-electron chi connectivity index (χ2n) is 10.6. The van der Waals surface area contributed by atoms with Crippen LogP contribution in [-0.4, -0.2) is 47.0 Å². The third kappa shape index (κ3) is 4.95. The van der Waals surface area contributed by atoms with Crippen LogP contribution in [-0.2, 0) is 13.5 Å². The molecular formula is C33H35FN2O2. The van der Waals surface area contributed by atoms with Gasteiger partial charge in [-0.05, 0) is 108 Å². The molecule has 196 valence electrons. The van der Waals surface area contributed by atoms with Gasteiger partial charge >= 0.3 is 0 Å². The highest BCUT2D eigenvalue weighted by Gasteiger charge is 2.24. The van der Waals surface area contributed by atoms with E-state index in [1.165, 1.54) is 38.7 Å². The first-order valence-electron chi connectivity index (χ1n) is 13.8. The number of rotatable bonds is 7. The maximum absolute atomic E-state index is 12.6. The van der Waals surface area contributed by atoms with Crippen molar-refractivity contribution in [2.75, 3.05) is 26.3 Å². The highest BCUT2D eigenvalue weighted by atomic mass is 19.1. The van der Waals surface area contributed by atoms with E-state index in [-0.39, 0.29) is 12.8 Å². The minimum Gasteiger partial charge on any atom is -0.508 e. The highest BCUT2D eigenvalue weighted by molar-refractivity contribution is 6.01. The van der Waals surface area contributed by atoms with Crippen LogP contribution >= 0.6 is 0 Å². The summed E-state index contributed by atoms with van der Waals surface area (Å²) in [5, 5.41) is 11.5. The van der Waals surface area contributed by atoms with Gasteiger partial charge in [-0.1, -0.05) is 24.3 Å². The number of benzene rings is 3. The molecule has 5 heteroatoms. The summed E-state index contributed by atoms with van der Waals surface area (Å²) < 4.78 is 21.0. The number of alkyl halides is 1. The van der Waals surface area contributed by atoms with E-state index < -0.39 is 0 Å². The number of ether oxygens (including phenoxy) is 1. The van der Waals surface area contributed by atoms with E-state index in [9.17, 15) is 9.50 Å². The molecule has 1 fully saturated rings. The zero-order valence-corrected chi connectivity index (χ0v) is 22.0. The lowest BCUT2D eigenvalue weighted by molar-refractivity contribution is 0.198. The largest absolute Gasteiger partial charge is 0.508 e. The number of halogens is 1. The Morgan fingerprint density at radius 2 is 1.82 bits per heavy atom. The predicted molar refractivity (Wildman–Crippen MR) is 152 cm³/mol. The van der Waals surface area contributed by atoms with Crippen LogP contribution in [0.5, 0.6) is 11.5 Å². The molecule has 1 aliphatic heterocycles. The number of allylic oxidation sites excluding steroid dienone is 1. The second kappa shape index (κ2) is 10.7. The number of aromatic hydroxyl groups is 1. The Kier molecular flexibility index (Phi) is 6.94. The van der Waals surface area contributed by atoms with Gasteiger partial charge in [0, 0.05) is 43.8 Å². The van der Waals surface area contributed by atoms with E-state index in [0.717, 1.165) is 56.6 Å². The van der Waals surface area contributed by atoms with Crippen LogP contribution in [0.4, 0.5) is 4.39 Å². The number of nitrogens with zero attached hydrogens (tertiary/aromatic N) is 2. The van der Waals surface area contributed by atoms with Crippen LogP contribution in [0.3, 0.4) is 0 Å². The number of likely N-dealkylation sites (tertiary alicyclic amines) is 1. The molecule has 38 heavy (non-hydrogen) atoms. The van der Waals surface area contributed by atoms with Gasteiger partial charge in [0.1, 0.15) is 17.6 Å². The third-order valence-electron chi connectivity index (χ3n) is 8.05. The summed E-state index contributed by atoms with van der Waals surface area (Å²) in [6.45, 7) is 2.36. The number of phenols is 1. The standard InChI is InChI=1S/C33H35FN2O2/c1-35-18-14-26-20-25(8-13-32(26)35)30-5-2-4-24-21-27(37)9-12-31(24)33(30)23-6-10-28(11-7-23)38-29-15-19-36(22-29)17-3-16-34/h6-14,18,20-21,29,37H,2-5,15-17,19,22H2,1H3. The van der Waals surface area contributed by atoms with Crippen LogP contribution in [0.2, 0.25) is 0 Å². The molecule has 3 aromatic carbocycles. The van der Waals surface area contributed by atoms with Gasteiger partial charge in [0.25, 0.3) is 0 Å². The zero-order chi connectivity index (χ0) is 26.1. The van der Waals surface area contributed by atoms with Gasteiger partial charge in [-0.2, -0.15) is 0 Å². The molecule has 0 saturated carbocycles. The highest BCUT2D eigenvalue weighted by Crippen LogP contribution is 2.41. The molecular weight excluding hydrogens is 475 g/mol. The van der Waals surface area contributed by atoms with E-state index >= 15 is 0 Å². The van der Waals surface area contributed by atoms with Gasteiger partial charge in [0.2, 0.25) is 0 Å². The maximum Gasteiger partial charge on any atom is 0.119 e. The monoisotopic (exact) mass is 510 g/mol. The Morgan fingerprint density at radius 3 is 2.66 bits per heavy atom. The van der Waals surface area contributed by atoms with Crippen LogP contribution in [0.1, 0.15) is 47.9 Å². The van der Waals surface area contributed by atoms with E-state index in [1.54, 1.807) is 6.07 Å². The quantitative estimate of drug-likeness (QED) is 0.291. The van der Waals surface area contributed by atoms with Crippen molar-refractivity contribution < 1.29 is 14.2 Å². The van der Waals surface area contributed by atoms with Crippen molar-refractivity contribution in [1.29, 1.82) is 0 Å². The molecule has 1 unspecified atom stereocenters. The van der Waals surface area contributed by atoms with Crippen LogP contribution in [0, 0.1) is 0 Å². The lowest BCUT2D eigenvalue weighted by Crippen LogP contribution is -2.26. The first-order chi connectivity index (χ1) is 18.6. The smallest absolute Gasteiger partial charge is 0.119 e. The molecule has 1 aliphatic carbocycles. The molecule has 1 atom stereocenters. The third-order valence-corrected chi connectivity index (χ3v) is 8.05. The average Bonchev–Trinajstić information content (AvgIpc) is 3.48. The van der Waals surface area contributed by atoms with Crippen LogP contribution in [0.25, 0.3) is 22.0 Å². The molecule has 0 amide bonds. The van der Waals surface area contributed by atoms with Crippen LogP contribution in [0.15, 0.2) is 72.9 Å². The SMILES string of the molecule is Cn1ccc2cc(C3=C(c4ccc(OC5CCN(CCCF)C5)cc4)c4ccc(O)cc4CCC3)ccc21. The maximum atomic E-state index is 12.6. The van der Waals surface area contributed by atoms with Crippen molar-refractivity contribution in [2.45, 2.75) is 38.2 Å². The van der Waals surface area contributed by atoms with Crippen molar-refractivity contribution in [1.82, 2.24) is 9.47 Å². The van der Waals surface area contributed by atoms with Crippen molar-refractivity contribution in [3.05, 3.63) is 95.2 Å². The molecule has 1 saturated heterocycles. The average molecular weight is 511 g/mol. The summed E-state index contributed by atoms with van der Waals surface area (Å²) in [4.78, 5) is 2.29. The summed E-state index contributed by atoms with van der Waals surface area (Å²) >= 11 is 0. The number of phenolic OH excluding ortho intramolecular Hbond substituents is 1. The topological polar surface area (TPSA) is 37.6 Å². The van der Waals surface area contributed by atoms with Crippen molar-refractivity contribution in [3.8, 4) is 11.5 Å². The number of hydrogen-bond acceptors (Lipinski definition) is 3. The molecule has 2 aliphatic rings. The van der Waals surface area contributed by atoms with Crippen molar-refractivity contribution >= 4 is 22.0 Å². The number of fused-ring (bicyclic) bond motifs is 2. The first-order valence-corrected chi connectivity index (χ1v) is 13.8. The molecule has 0 radical (unpaired) electrons. The summed E-state index contributed by atoms with van der Waals surface area (Å²) in [5.74, 6) is 1.19. The fraction of sp³-hybridized carbons (Fsp3) is 0.333. The fourth-order valence-electron chi connectivity index (χ4n) is 6.13. The summed E-state index contributed by atoms with van der Waals surface area (Å²) in [5.41, 5.74) is 8.59. The Labute approximate surface area is 224 Å². The number of hydrogen-bond donors (Lipinski definition) is 1. The fourth-order valence-corrected chi connectivity index (χ4v) is 6.13. The summed E-state index contributed by atoms with van der Waals surface area (Å²) in [7, 11) is 2.08. The summed E-state index contributed by atoms with van der Waals surface area (Å²) in [6.07, 6.45) is 6.76. The Bertz CT molecular complexity index is 1470. The molecule has 2 heterocycles. The van der Waals surface area contributed by atoms with E-state index in [2.05, 4.69) is 77.3 Å². The zero-order valence-electron chi connectivity index (χ0n) is 22.0. The Hall–Kier alpha value is -3.57. The van der Waals surface area contributed by atoms with Gasteiger partial charge in [-0.3, -0.25) is 9.29 Å². The minimum atomic E-state index is -0.261. The summed E-state index contributed by atoms with van der Waals surface area (Å²) in [6, 6.07) is 23.2. The molecule has 1 N–H and O–H groups in total. The normalized spacial score (nSPS) is 18.1. The second-order valence-corrected chi connectivity index (χ2v) is 10.6. The first kappa shape index (κ1) is 24.7. The van der Waals surface area contributed by atoms with E-state index in [0.29, 0.717) is 12.2 Å². The van der Waals surface area contributed by atoms with Gasteiger partial charge in [0.15, 0.2) is 0 Å². The Morgan fingerprint density at radius 1 is 0.974 bits per heavy atom. The van der Waals surface area contributed by atoms with E-state index in [1.807, 2.05) is 6.07 Å². The van der Waals surface area contributed by atoms with Crippen molar-refractivity contribution in [2.24, 2.45) is 7.05 Å². The van der Waals surface area contributed by atoms with Crippen molar-refractivity contribution in [3.63, 3.8) is 0 Å². The molecule has 4 aromatic rings. The molecule has 0 bridgehead atoms. The van der Waals surface area contributed by atoms with Crippen LogP contribution < -0.4 is 4.74 Å². The minimum absolute atomic E-state index is 0.148. The number of aryl methyl sites for hydroxylation is 2. The lowest BCUT2D eigenvalue weighted by atomic mass is 9.87. The van der Waals surface area contributed by atoms with Gasteiger partial charge in [-0.25, -0.2) is 0 Å². The molecule has 1 aromatic heterocycles.